The van der Waals surface area contributed by atoms with Gasteiger partial charge in [-0.3, -0.25) is 4.72 Å². The Kier molecular flexibility index (Phi) is 6.37. The lowest BCUT2D eigenvalue weighted by atomic mass is 10.1. The number of sulfonamides is 1. The van der Waals surface area contributed by atoms with Crippen LogP contribution >= 0.6 is 34.5 Å². The van der Waals surface area contributed by atoms with Gasteiger partial charge < -0.3 is 15.4 Å². The minimum atomic E-state index is -3.85. The Morgan fingerprint density at radius 1 is 1.19 bits per heavy atom. The van der Waals surface area contributed by atoms with Crippen LogP contribution in [0.1, 0.15) is 6.42 Å². The quantitative estimate of drug-likeness (QED) is 0.457. The maximum Gasteiger partial charge on any atom is 0.271 e. The second kappa shape index (κ2) is 8.88. The molecule has 164 valence electrons. The zero-order valence-electron chi connectivity index (χ0n) is 16.6. The van der Waals surface area contributed by atoms with Gasteiger partial charge in [-0.2, -0.15) is 0 Å². The van der Waals surface area contributed by atoms with E-state index < -0.39 is 10.0 Å². The number of rotatable bonds is 6. The molecule has 1 saturated heterocycles. The summed E-state index contributed by atoms with van der Waals surface area (Å²) in [5, 5.41) is 0.431. The van der Waals surface area contributed by atoms with E-state index in [0.29, 0.717) is 32.0 Å². The van der Waals surface area contributed by atoms with Crippen LogP contribution in [0.5, 0.6) is 5.75 Å². The van der Waals surface area contributed by atoms with Crippen molar-refractivity contribution >= 4 is 55.9 Å². The number of hydrogen-bond donors (Lipinski definition) is 2. The Morgan fingerprint density at radius 2 is 2.00 bits per heavy atom. The van der Waals surface area contributed by atoms with Crippen molar-refractivity contribution in [2.45, 2.75) is 16.7 Å². The molecular weight excluding hydrogens is 477 g/mol. The molecule has 2 heterocycles. The monoisotopic (exact) mass is 497 g/mol. The van der Waals surface area contributed by atoms with Crippen molar-refractivity contribution in [3.05, 3.63) is 57.9 Å². The lowest BCUT2D eigenvalue weighted by Gasteiger charge is -2.16. The van der Waals surface area contributed by atoms with E-state index in [0.717, 1.165) is 36.4 Å². The topological polar surface area (TPSA) is 84.7 Å². The van der Waals surface area contributed by atoms with Gasteiger partial charge in [-0.15, -0.1) is 11.3 Å². The standard InChI is InChI=1S/C21H21Cl2N3O3S2/c1-26-8-7-16(12-26)29-19-10-15(5-6-18(19)22)25-31(27,28)20-11-17(21(23)30-20)13-3-2-4-14(24)9-13/h2-6,9-11,16,25H,7-8,12,24H2,1H3. The van der Waals surface area contributed by atoms with Gasteiger partial charge in [0.1, 0.15) is 20.4 Å². The van der Waals surface area contributed by atoms with Crippen LogP contribution < -0.4 is 15.2 Å². The molecule has 1 fully saturated rings. The molecule has 3 aromatic rings. The van der Waals surface area contributed by atoms with Gasteiger partial charge in [0.2, 0.25) is 0 Å². The summed E-state index contributed by atoms with van der Waals surface area (Å²) in [6.45, 7) is 1.75. The van der Waals surface area contributed by atoms with Crippen LogP contribution in [0.2, 0.25) is 9.36 Å². The first kappa shape index (κ1) is 22.2. The van der Waals surface area contributed by atoms with Crippen molar-refractivity contribution in [2.24, 2.45) is 0 Å². The van der Waals surface area contributed by atoms with E-state index in [1.165, 1.54) is 0 Å². The third kappa shape index (κ3) is 5.10. The number of nitrogens with one attached hydrogen (secondary N) is 1. The Labute approximate surface area is 195 Å². The maximum atomic E-state index is 13.0. The largest absolute Gasteiger partial charge is 0.487 e. The zero-order chi connectivity index (χ0) is 22.2. The van der Waals surface area contributed by atoms with E-state index in [2.05, 4.69) is 9.62 Å². The number of benzene rings is 2. The predicted octanol–water partition coefficient (Wildman–Crippen LogP) is 5.19. The molecular formula is C21H21Cl2N3O3S2. The average molecular weight is 498 g/mol. The minimum Gasteiger partial charge on any atom is -0.487 e. The Hall–Kier alpha value is -1.97. The molecule has 1 atom stereocenters. The minimum absolute atomic E-state index is 0.0197. The van der Waals surface area contributed by atoms with Gasteiger partial charge in [0.25, 0.3) is 10.0 Å². The first-order valence-corrected chi connectivity index (χ1v) is 12.6. The van der Waals surface area contributed by atoms with Crippen molar-refractivity contribution in [1.82, 2.24) is 4.90 Å². The fraction of sp³-hybridized carbons (Fsp3) is 0.238. The van der Waals surface area contributed by atoms with Gasteiger partial charge in [0.15, 0.2) is 0 Å². The molecule has 0 aliphatic carbocycles. The van der Waals surface area contributed by atoms with Crippen LogP contribution in [0.4, 0.5) is 11.4 Å². The van der Waals surface area contributed by atoms with Gasteiger partial charge in [-0.05, 0) is 49.4 Å². The van der Waals surface area contributed by atoms with Crippen molar-refractivity contribution < 1.29 is 13.2 Å². The van der Waals surface area contributed by atoms with Crippen LogP contribution in [0.3, 0.4) is 0 Å². The third-order valence-corrected chi connectivity index (χ3v) is 8.48. The summed E-state index contributed by atoms with van der Waals surface area (Å²) in [7, 11) is -1.83. The molecule has 0 saturated carbocycles. The molecule has 6 nitrogen and oxygen atoms in total. The van der Waals surface area contributed by atoms with E-state index in [4.69, 9.17) is 33.7 Å². The summed E-state index contributed by atoms with van der Waals surface area (Å²) in [4.78, 5) is 2.17. The van der Waals surface area contributed by atoms with Crippen LogP contribution in [0.25, 0.3) is 11.1 Å². The van der Waals surface area contributed by atoms with E-state index >= 15 is 0 Å². The highest BCUT2D eigenvalue weighted by molar-refractivity contribution is 7.94. The summed E-state index contributed by atoms with van der Waals surface area (Å²) in [6.07, 6.45) is 0.912. The molecule has 10 heteroatoms. The summed E-state index contributed by atoms with van der Waals surface area (Å²) >= 11 is 13.6. The number of likely N-dealkylation sites (tertiary alicyclic amines) is 1. The fourth-order valence-electron chi connectivity index (χ4n) is 3.42. The van der Waals surface area contributed by atoms with E-state index in [9.17, 15) is 8.42 Å². The molecule has 31 heavy (non-hydrogen) atoms. The molecule has 1 unspecified atom stereocenters. The maximum absolute atomic E-state index is 13.0. The fourth-order valence-corrected chi connectivity index (χ4v) is 6.39. The number of nitrogens with zero attached hydrogens (tertiary/aromatic N) is 1. The third-order valence-electron chi connectivity index (χ3n) is 4.95. The normalized spacial score (nSPS) is 17.1. The average Bonchev–Trinajstić information content (AvgIpc) is 3.30. The van der Waals surface area contributed by atoms with Crippen LogP contribution in [-0.4, -0.2) is 39.6 Å². The van der Waals surface area contributed by atoms with Gasteiger partial charge >= 0.3 is 0 Å². The van der Waals surface area contributed by atoms with Crippen LogP contribution in [0.15, 0.2) is 52.7 Å². The summed E-state index contributed by atoms with van der Waals surface area (Å²) in [5.74, 6) is 0.451. The Bertz CT molecular complexity index is 1210. The number of halogens is 2. The van der Waals surface area contributed by atoms with Gasteiger partial charge in [-0.1, -0.05) is 35.3 Å². The first-order chi connectivity index (χ1) is 14.7. The van der Waals surface area contributed by atoms with Gasteiger partial charge in [-0.25, -0.2) is 8.42 Å². The van der Waals surface area contributed by atoms with Crippen molar-refractivity contribution in [1.29, 1.82) is 0 Å². The highest BCUT2D eigenvalue weighted by atomic mass is 35.5. The summed E-state index contributed by atoms with van der Waals surface area (Å²) < 4.78 is 35.0. The molecule has 0 amide bonds. The first-order valence-electron chi connectivity index (χ1n) is 9.54. The molecule has 0 radical (unpaired) electrons. The number of ether oxygens (including phenoxy) is 1. The molecule has 2 aromatic carbocycles. The number of nitrogens with two attached hydrogens (primary N) is 1. The molecule has 3 N–H and O–H groups in total. The van der Waals surface area contributed by atoms with Crippen LogP contribution in [-0.2, 0) is 10.0 Å². The van der Waals surface area contributed by atoms with Gasteiger partial charge in [0.05, 0.1) is 10.7 Å². The lowest BCUT2D eigenvalue weighted by molar-refractivity contribution is 0.208. The highest BCUT2D eigenvalue weighted by Crippen LogP contribution is 2.39. The Balaban J connectivity index is 1.57. The molecule has 1 aliphatic heterocycles. The van der Waals surface area contributed by atoms with Crippen molar-refractivity contribution in [2.75, 3.05) is 30.6 Å². The highest BCUT2D eigenvalue weighted by Gasteiger charge is 2.24. The Morgan fingerprint density at radius 3 is 2.71 bits per heavy atom. The predicted molar refractivity (Wildman–Crippen MR) is 128 cm³/mol. The number of anilines is 2. The molecule has 4 rings (SSSR count). The molecule has 0 spiro atoms. The summed E-state index contributed by atoms with van der Waals surface area (Å²) in [6, 6.07) is 13.5. The van der Waals surface area contributed by atoms with Crippen molar-refractivity contribution in [3.63, 3.8) is 0 Å². The number of thiophene rings is 1. The zero-order valence-corrected chi connectivity index (χ0v) is 19.8. The lowest BCUT2D eigenvalue weighted by Crippen LogP contribution is -2.21. The molecule has 1 aliphatic rings. The van der Waals surface area contributed by atoms with E-state index in [-0.39, 0.29) is 10.3 Å². The van der Waals surface area contributed by atoms with E-state index in [1.807, 2.05) is 13.1 Å². The summed E-state index contributed by atoms with van der Waals surface area (Å²) in [5.41, 5.74) is 8.14. The SMILES string of the molecule is CN1CCC(Oc2cc(NS(=O)(=O)c3cc(-c4cccc(N)c4)c(Cl)s3)ccc2Cl)C1. The smallest absolute Gasteiger partial charge is 0.271 e. The number of likely N-dealkylation sites (N-methyl/N-ethyl adjacent to an activating group) is 1. The molecule has 0 bridgehead atoms. The second-order valence-electron chi connectivity index (χ2n) is 7.42. The van der Waals surface area contributed by atoms with Gasteiger partial charge in [0, 0.05) is 30.4 Å². The molecule has 1 aromatic heterocycles. The van der Waals surface area contributed by atoms with Crippen molar-refractivity contribution in [3.8, 4) is 16.9 Å². The second-order valence-corrected chi connectivity index (χ2v) is 11.4. The van der Waals surface area contributed by atoms with Crippen LogP contribution in [0, 0.1) is 0 Å². The number of hydrogen-bond acceptors (Lipinski definition) is 6. The number of nitrogen functional groups attached to an aromatic ring is 1. The van der Waals surface area contributed by atoms with E-state index in [1.54, 1.807) is 42.5 Å².